The van der Waals surface area contributed by atoms with Gasteiger partial charge in [-0.3, -0.25) is 0 Å². The summed E-state index contributed by atoms with van der Waals surface area (Å²) < 4.78 is 7.54. The van der Waals surface area contributed by atoms with E-state index >= 15 is 0 Å². The molecular formula is C15H24N2O2Si-. The molecule has 0 fully saturated rings. The molecule has 1 aromatic carbocycles. The van der Waals surface area contributed by atoms with Crippen molar-refractivity contribution < 1.29 is 9.84 Å². The highest BCUT2D eigenvalue weighted by atomic mass is 28.3. The van der Waals surface area contributed by atoms with Crippen LogP contribution in [-0.2, 0) is 18.1 Å². The van der Waals surface area contributed by atoms with E-state index in [-0.39, 0.29) is 6.61 Å². The standard InChI is InChI=1S/C15H24N2O2Si/c1-12-7-13(10-18)8-14-9-17(16-15(12)14)11-19-5-6-20(2,3)4/h7-9,18H,5-6,10-11H2,1-4H3/q-1. The van der Waals surface area contributed by atoms with Gasteiger partial charge in [0.15, 0.2) is 0 Å². The Bertz CT molecular complexity index is 587. The molecule has 0 aliphatic rings. The van der Waals surface area contributed by atoms with E-state index in [1.165, 1.54) is 6.04 Å². The third-order valence-corrected chi connectivity index (χ3v) is 5.01. The number of aryl methyl sites for hydroxylation is 1. The molecule has 0 bridgehead atoms. The third kappa shape index (κ3) is 3.91. The van der Waals surface area contributed by atoms with Crippen LogP contribution in [0.25, 0.3) is 10.9 Å². The Hall–Kier alpha value is -1.17. The molecule has 1 N–H and O–H groups in total. The second-order valence-electron chi connectivity index (χ2n) is 6.53. The minimum Gasteiger partial charge on any atom is -0.392 e. The quantitative estimate of drug-likeness (QED) is 0.657. The summed E-state index contributed by atoms with van der Waals surface area (Å²) in [6, 6.07) is 5.13. The molecule has 0 atom stereocenters. The van der Waals surface area contributed by atoms with Crippen molar-refractivity contribution in [1.82, 2.24) is 9.78 Å². The van der Waals surface area contributed by atoms with Crippen molar-refractivity contribution in [2.75, 3.05) is 6.61 Å². The number of ether oxygens (including phenoxy) is 1. The van der Waals surface area contributed by atoms with E-state index in [4.69, 9.17) is 4.74 Å². The number of aliphatic hydroxyl groups excluding tert-OH is 1. The maximum atomic E-state index is 9.23. The van der Waals surface area contributed by atoms with E-state index < -0.39 is 8.07 Å². The predicted molar refractivity (Wildman–Crippen MR) is 84.5 cm³/mol. The van der Waals surface area contributed by atoms with Gasteiger partial charge in [0.05, 0.1) is 12.1 Å². The van der Waals surface area contributed by atoms with E-state index in [2.05, 4.69) is 24.7 Å². The molecule has 2 aromatic rings. The molecular weight excluding hydrogens is 268 g/mol. The summed E-state index contributed by atoms with van der Waals surface area (Å²) in [7, 11) is -1.03. The van der Waals surface area contributed by atoms with Gasteiger partial charge in [0.25, 0.3) is 0 Å². The molecule has 0 aliphatic carbocycles. The van der Waals surface area contributed by atoms with Crippen molar-refractivity contribution in [1.29, 1.82) is 0 Å². The topological polar surface area (TPSA) is 47.3 Å². The van der Waals surface area contributed by atoms with E-state index in [0.29, 0.717) is 6.73 Å². The molecule has 111 valence electrons. The smallest absolute Gasteiger partial charge is 0.139 e. The number of hydrogen-bond acceptors (Lipinski definition) is 3. The molecule has 1 heterocycles. The largest absolute Gasteiger partial charge is 0.392 e. The zero-order valence-electron chi connectivity index (χ0n) is 12.8. The molecule has 0 unspecified atom stereocenters. The number of hydrogen-bond donors (Lipinski definition) is 1. The zero-order valence-corrected chi connectivity index (χ0v) is 13.8. The molecule has 0 saturated carbocycles. The molecule has 0 aliphatic heterocycles. The molecule has 0 amide bonds. The molecule has 5 heteroatoms. The second kappa shape index (κ2) is 6.07. The summed E-state index contributed by atoms with van der Waals surface area (Å²) in [4.78, 5) is 0. The van der Waals surface area contributed by atoms with Gasteiger partial charge in [0.2, 0.25) is 0 Å². The molecule has 0 radical (unpaired) electrons. The van der Waals surface area contributed by atoms with Crippen LogP contribution >= 0.6 is 0 Å². The van der Waals surface area contributed by atoms with Crippen LogP contribution in [0.2, 0.25) is 25.7 Å². The molecule has 0 spiro atoms. The highest BCUT2D eigenvalue weighted by Crippen LogP contribution is 2.19. The van der Waals surface area contributed by atoms with Crippen molar-refractivity contribution in [2.45, 2.75) is 45.9 Å². The van der Waals surface area contributed by atoms with Crippen molar-refractivity contribution in [3.05, 3.63) is 29.5 Å². The highest BCUT2D eigenvalue weighted by Gasteiger charge is 2.06. The maximum Gasteiger partial charge on any atom is 0.139 e. The molecule has 20 heavy (non-hydrogen) atoms. The lowest BCUT2D eigenvalue weighted by molar-refractivity contribution is 0.0791. The van der Waals surface area contributed by atoms with Gasteiger partial charge in [0, 0.05) is 18.2 Å². The highest BCUT2D eigenvalue weighted by molar-refractivity contribution is 6.76. The second-order valence-corrected chi connectivity index (χ2v) is 12.1. The Morgan fingerprint density at radius 3 is 2.70 bits per heavy atom. The Morgan fingerprint density at radius 1 is 1.30 bits per heavy atom. The first-order chi connectivity index (χ1) is 9.39. The van der Waals surface area contributed by atoms with Crippen LogP contribution in [0.4, 0.5) is 0 Å². The predicted octanol–water partition coefficient (Wildman–Crippen LogP) is 3.15. The normalized spacial score (nSPS) is 12.2. The zero-order chi connectivity index (χ0) is 14.8. The van der Waals surface area contributed by atoms with Crippen molar-refractivity contribution in [3.8, 4) is 0 Å². The SMILES string of the molecule is Cc1cc(CO)cc2cn(COCC[Si-](C)(C)C)nc12. The Balaban J connectivity index is 2.03. The van der Waals surface area contributed by atoms with Gasteiger partial charge in [-0.2, -0.15) is 24.7 Å². The van der Waals surface area contributed by atoms with Crippen LogP contribution in [0.5, 0.6) is 0 Å². The van der Waals surface area contributed by atoms with Crippen molar-refractivity contribution in [2.24, 2.45) is 0 Å². The number of rotatable bonds is 6. The minimum absolute atomic E-state index is 0.0642. The van der Waals surface area contributed by atoms with Crippen LogP contribution in [0.3, 0.4) is 0 Å². The summed E-state index contributed by atoms with van der Waals surface area (Å²) in [5, 5.41) is 14.8. The van der Waals surface area contributed by atoms with E-state index in [9.17, 15) is 5.11 Å². The van der Waals surface area contributed by atoms with E-state index in [1.54, 1.807) is 0 Å². The van der Waals surface area contributed by atoms with Crippen LogP contribution in [-0.4, -0.2) is 29.6 Å². The Morgan fingerprint density at radius 2 is 2.05 bits per heavy atom. The van der Waals surface area contributed by atoms with Crippen LogP contribution in [0.1, 0.15) is 11.1 Å². The van der Waals surface area contributed by atoms with Crippen LogP contribution in [0, 0.1) is 6.92 Å². The fourth-order valence-electron chi connectivity index (χ4n) is 2.13. The van der Waals surface area contributed by atoms with Gasteiger partial charge >= 0.3 is 0 Å². The lowest BCUT2D eigenvalue weighted by atomic mass is 10.1. The average Bonchev–Trinajstić information content (AvgIpc) is 2.77. The lowest BCUT2D eigenvalue weighted by Gasteiger charge is -2.26. The first-order valence-electron chi connectivity index (χ1n) is 7.04. The fraction of sp³-hybridized carbons (Fsp3) is 0.533. The first kappa shape index (κ1) is 15.2. The lowest BCUT2D eigenvalue weighted by Crippen LogP contribution is -2.22. The molecule has 0 saturated heterocycles. The van der Waals surface area contributed by atoms with E-state index in [0.717, 1.165) is 28.6 Å². The number of aromatic nitrogens is 2. The summed E-state index contributed by atoms with van der Waals surface area (Å²) >= 11 is 0. The Labute approximate surface area is 121 Å². The molecule has 2 rings (SSSR count). The molecule has 4 nitrogen and oxygen atoms in total. The van der Waals surface area contributed by atoms with Gasteiger partial charge in [0.1, 0.15) is 6.73 Å². The van der Waals surface area contributed by atoms with Crippen molar-refractivity contribution >= 4 is 19.0 Å². The van der Waals surface area contributed by atoms with Gasteiger partial charge < -0.3 is 9.84 Å². The van der Waals surface area contributed by atoms with Gasteiger partial charge in [-0.25, -0.2) is 4.68 Å². The van der Waals surface area contributed by atoms with Gasteiger partial charge in [-0.15, -0.1) is 14.1 Å². The van der Waals surface area contributed by atoms with Gasteiger partial charge in [-0.1, -0.05) is 6.07 Å². The van der Waals surface area contributed by atoms with Gasteiger partial charge in [-0.05, 0) is 24.1 Å². The third-order valence-electron chi connectivity index (χ3n) is 3.31. The maximum absolute atomic E-state index is 9.23. The average molecular weight is 292 g/mol. The number of nitrogens with zero attached hydrogens (tertiary/aromatic N) is 2. The summed E-state index contributed by atoms with van der Waals surface area (Å²) in [6.45, 7) is 10.4. The fourth-order valence-corrected chi connectivity index (χ4v) is 2.89. The Kier molecular flexibility index (Phi) is 4.62. The summed E-state index contributed by atoms with van der Waals surface area (Å²) in [6.07, 6.45) is 1.98. The monoisotopic (exact) mass is 292 g/mol. The van der Waals surface area contributed by atoms with Crippen LogP contribution in [0.15, 0.2) is 18.3 Å². The van der Waals surface area contributed by atoms with Crippen LogP contribution < -0.4 is 0 Å². The van der Waals surface area contributed by atoms with Crippen molar-refractivity contribution in [3.63, 3.8) is 0 Å². The first-order valence-corrected chi connectivity index (χ1v) is 10.7. The minimum atomic E-state index is -1.03. The number of aliphatic hydroxyl groups is 1. The summed E-state index contributed by atoms with van der Waals surface area (Å²) in [5.41, 5.74) is 3.00. The number of benzene rings is 1. The van der Waals surface area contributed by atoms with E-state index in [1.807, 2.05) is 29.9 Å². The summed E-state index contributed by atoms with van der Waals surface area (Å²) in [5.74, 6) is 0. The number of fused-ring (bicyclic) bond motifs is 1. The molecule has 1 aromatic heterocycles.